The molecule has 0 amide bonds. The van der Waals surface area contributed by atoms with Crippen molar-refractivity contribution in [2.75, 3.05) is 30.3 Å². The summed E-state index contributed by atoms with van der Waals surface area (Å²) < 4.78 is 40.5. The molecular weight excluding hydrogens is 303 g/mol. The van der Waals surface area contributed by atoms with E-state index in [1.54, 1.807) is 0 Å². The summed E-state index contributed by atoms with van der Waals surface area (Å²) in [6.07, 6.45) is 1.56. The highest BCUT2D eigenvalue weighted by Gasteiger charge is 2.31. The number of hydrogen-bond donors (Lipinski definition) is 0. The van der Waals surface area contributed by atoms with Gasteiger partial charge in [0, 0.05) is 26.0 Å². The molecule has 0 aliphatic carbocycles. The lowest BCUT2D eigenvalue weighted by molar-refractivity contribution is 0.290. The maximum atomic E-state index is 12.9. The lowest BCUT2D eigenvalue weighted by atomic mass is 10.0. The van der Waals surface area contributed by atoms with E-state index in [0.717, 1.165) is 12.8 Å². The van der Waals surface area contributed by atoms with Gasteiger partial charge in [-0.3, -0.25) is 4.31 Å². The Kier molecular flexibility index (Phi) is 4.88. The normalized spacial score (nSPS) is 18.1. The molecule has 1 aromatic rings. The standard InChI is InChI=1S/C13H18ClFN2O2S/c1-16(13-4-2-12(15)3-5-13)20(18,19)17-8-6-11(10-14)7-9-17/h2-5,11H,6-10H2,1H3. The smallest absolute Gasteiger partial charge is 0.261 e. The van der Waals surface area contributed by atoms with E-state index < -0.39 is 10.2 Å². The van der Waals surface area contributed by atoms with E-state index in [9.17, 15) is 12.8 Å². The maximum Gasteiger partial charge on any atom is 0.303 e. The van der Waals surface area contributed by atoms with Gasteiger partial charge in [-0.1, -0.05) is 0 Å². The van der Waals surface area contributed by atoms with Crippen molar-refractivity contribution >= 4 is 27.5 Å². The molecule has 4 nitrogen and oxygen atoms in total. The van der Waals surface area contributed by atoms with E-state index in [1.165, 1.54) is 39.9 Å². The van der Waals surface area contributed by atoms with Crippen LogP contribution in [-0.4, -0.2) is 38.7 Å². The zero-order valence-corrected chi connectivity index (χ0v) is 12.9. The van der Waals surface area contributed by atoms with Gasteiger partial charge >= 0.3 is 10.2 Å². The van der Waals surface area contributed by atoms with Crippen molar-refractivity contribution in [1.29, 1.82) is 0 Å². The molecule has 0 aromatic heterocycles. The van der Waals surface area contributed by atoms with E-state index >= 15 is 0 Å². The number of hydrogen-bond acceptors (Lipinski definition) is 2. The summed E-state index contributed by atoms with van der Waals surface area (Å²) in [6, 6.07) is 5.42. The van der Waals surface area contributed by atoms with Crippen LogP contribution in [-0.2, 0) is 10.2 Å². The molecular formula is C13H18ClFN2O2S. The average molecular weight is 321 g/mol. The van der Waals surface area contributed by atoms with Crippen LogP contribution in [0.25, 0.3) is 0 Å². The first-order valence-electron chi connectivity index (χ1n) is 6.50. The summed E-state index contributed by atoms with van der Waals surface area (Å²) in [5, 5.41) is 0. The van der Waals surface area contributed by atoms with Crippen molar-refractivity contribution in [3.63, 3.8) is 0 Å². The molecule has 1 saturated heterocycles. The Morgan fingerprint density at radius 3 is 2.35 bits per heavy atom. The molecule has 0 bridgehead atoms. The van der Waals surface area contributed by atoms with Crippen LogP contribution in [0.15, 0.2) is 24.3 Å². The zero-order valence-electron chi connectivity index (χ0n) is 11.3. The average Bonchev–Trinajstić information content (AvgIpc) is 2.47. The number of benzene rings is 1. The van der Waals surface area contributed by atoms with Crippen molar-refractivity contribution < 1.29 is 12.8 Å². The maximum absolute atomic E-state index is 12.9. The van der Waals surface area contributed by atoms with E-state index in [1.807, 2.05) is 0 Å². The topological polar surface area (TPSA) is 40.6 Å². The van der Waals surface area contributed by atoms with Gasteiger partial charge in [0.05, 0.1) is 5.69 Å². The first kappa shape index (κ1) is 15.5. The number of rotatable bonds is 4. The van der Waals surface area contributed by atoms with Gasteiger partial charge in [-0.05, 0) is 43.0 Å². The highest BCUT2D eigenvalue weighted by molar-refractivity contribution is 7.90. The van der Waals surface area contributed by atoms with E-state index in [-0.39, 0.29) is 5.82 Å². The highest BCUT2D eigenvalue weighted by Crippen LogP contribution is 2.24. The molecule has 1 aliphatic rings. The fourth-order valence-electron chi connectivity index (χ4n) is 2.25. The molecule has 1 fully saturated rings. The van der Waals surface area contributed by atoms with Crippen molar-refractivity contribution in [3.8, 4) is 0 Å². The van der Waals surface area contributed by atoms with Gasteiger partial charge in [-0.2, -0.15) is 12.7 Å². The second-order valence-electron chi connectivity index (χ2n) is 4.95. The van der Waals surface area contributed by atoms with Crippen molar-refractivity contribution in [1.82, 2.24) is 4.31 Å². The van der Waals surface area contributed by atoms with Crippen LogP contribution in [0.5, 0.6) is 0 Å². The van der Waals surface area contributed by atoms with E-state index in [0.29, 0.717) is 30.6 Å². The molecule has 7 heteroatoms. The highest BCUT2D eigenvalue weighted by atomic mass is 35.5. The Labute approximate surface area is 124 Å². The molecule has 1 heterocycles. The Morgan fingerprint density at radius 2 is 1.85 bits per heavy atom. The lowest BCUT2D eigenvalue weighted by Crippen LogP contribution is -2.46. The predicted molar refractivity (Wildman–Crippen MR) is 78.7 cm³/mol. The molecule has 112 valence electrons. The summed E-state index contributed by atoms with van der Waals surface area (Å²) in [7, 11) is -2.08. The molecule has 1 aliphatic heterocycles. The summed E-state index contributed by atoms with van der Waals surface area (Å²) in [6.45, 7) is 0.955. The second-order valence-corrected chi connectivity index (χ2v) is 7.22. The SMILES string of the molecule is CN(c1ccc(F)cc1)S(=O)(=O)N1CCC(CCl)CC1. The minimum absolute atomic E-state index is 0.387. The minimum atomic E-state index is -3.56. The summed E-state index contributed by atoms with van der Waals surface area (Å²) in [4.78, 5) is 0. The summed E-state index contributed by atoms with van der Waals surface area (Å²) in [5.41, 5.74) is 0.450. The third-order valence-corrected chi connectivity index (χ3v) is 6.01. The monoisotopic (exact) mass is 320 g/mol. The number of piperidine rings is 1. The van der Waals surface area contributed by atoms with Gasteiger partial charge < -0.3 is 0 Å². The van der Waals surface area contributed by atoms with Gasteiger partial charge in [0.15, 0.2) is 0 Å². The Balaban J connectivity index is 2.12. The van der Waals surface area contributed by atoms with Crippen molar-refractivity contribution in [3.05, 3.63) is 30.1 Å². The van der Waals surface area contributed by atoms with Crippen LogP contribution in [0.3, 0.4) is 0 Å². The first-order chi connectivity index (χ1) is 9.45. The Hall–Kier alpha value is -0.850. The third kappa shape index (κ3) is 3.24. The molecule has 20 heavy (non-hydrogen) atoms. The molecule has 0 saturated carbocycles. The second kappa shape index (κ2) is 6.28. The first-order valence-corrected chi connectivity index (χ1v) is 8.44. The molecule has 0 spiro atoms. The van der Waals surface area contributed by atoms with Crippen molar-refractivity contribution in [2.24, 2.45) is 5.92 Å². The predicted octanol–water partition coefficient (Wildman–Crippen LogP) is 2.46. The van der Waals surface area contributed by atoms with Crippen LogP contribution in [0.2, 0.25) is 0 Å². The van der Waals surface area contributed by atoms with Gasteiger partial charge in [0.25, 0.3) is 0 Å². The third-order valence-electron chi connectivity index (χ3n) is 3.65. The van der Waals surface area contributed by atoms with Crippen molar-refractivity contribution in [2.45, 2.75) is 12.8 Å². The number of anilines is 1. The van der Waals surface area contributed by atoms with Gasteiger partial charge in [0.1, 0.15) is 5.82 Å². The van der Waals surface area contributed by atoms with Crippen LogP contribution in [0, 0.1) is 11.7 Å². The quantitative estimate of drug-likeness (QED) is 0.800. The minimum Gasteiger partial charge on any atom is -0.261 e. The molecule has 1 aromatic carbocycles. The lowest BCUT2D eigenvalue weighted by Gasteiger charge is -2.33. The molecule has 2 rings (SSSR count). The molecule has 0 radical (unpaired) electrons. The van der Waals surface area contributed by atoms with E-state index in [2.05, 4.69) is 0 Å². The van der Waals surface area contributed by atoms with Crippen LogP contribution >= 0.6 is 11.6 Å². The van der Waals surface area contributed by atoms with Gasteiger partial charge in [-0.15, -0.1) is 11.6 Å². The molecule has 0 N–H and O–H groups in total. The Morgan fingerprint density at radius 1 is 1.30 bits per heavy atom. The van der Waals surface area contributed by atoms with Gasteiger partial charge in [0.2, 0.25) is 0 Å². The fraction of sp³-hybridized carbons (Fsp3) is 0.538. The van der Waals surface area contributed by atoms with Crippen LogP contribution in [0.1, 0.15) is 12.8 Å². The zero-order chi connectivity index (χ0) is 14.8. The fourth-order valence-corrected chi connectivity index (χ4v) is 3.97. The number of alkyl halides is 1. The molecule has 0 unspecified atom stereocenters. The number of nitrogens with zero attached hydrogens (tertiary/aromatic N) is 2. The Bertz CT molecular complexity index is 542. The number of halogens is 2. The summed E-state index contributed by atoms with van der Waals surface area (Å²) in [5.74, 6) is 0.573. The van der Waals surface area contributed by atoms with E-state index in [4.69, 9.17) is 11.6 Å². The molecule has 0 atom stereocenters. The van der Waals surface area contributed by atoms with Crippen LogP contribution < -0.4 is 4.31 Å². The largest absolute Gasteiger partial charge is 0.303 e. The summed E-state index contributed by atoms with van der Waals surface area (Å²) >= 11 is 5.80. The van der Waals surface area contributed by atoms with Crippen LogP contribution in [0.4, 0.5) is 10.1 Å². The van der Waals surface area contributed by atoms with Gasteiger partial charge in [-0.25, -0.2) is 4.39 Å².